The Morgan fingerprint density at radius 1 is 1.08 bits per heavy atom. The van der Waals surface area contributed by atoms with Gasteiger partial charge in [-0.05, 0) is 43.7 Å². The Labute approximate surface area is 151 Å². The number of hydrogen-bond acceptors (Lipinski definition) is 5. The molecule has 0 atom stereocenters. The predicted octanol–water partition coefficient (Wildman–Crippen LogP) is 4.13. The third kappa shape index (κ3) is 3.08. The fourth-order valence-corrected chi connectivity index (χ4v) is 3.17. The number of hydrogen-bond donors (Lipinski definition) is 0. The number of methoxy groups -OCH3 is 1. The molecule has 0 aliphatic rings. The predicted molar refractivity (Wildman–Crippen MR) is 103 cm³/mol. The van der Waals surface area contributed by atoms with Gasteiger partial charge in [-0.3, -0.25) is 4.79 Å². The Morgan fingerprint density at radius 3 is 2.35 bits per heavy atom. The molecule has 0 unspecified atom stereocenters. The standard InChI is InChI=1S/C21H21NO4/c1-4-22(5-2)15-8-11-17-19(12-15)26-21(24)18(13-23)20(17)14-6-9-16(25-3)10-7-14/h6-13H,4-5H2,1-3H3. The first-order chi connectivity index (χ1) is 12.6. The van der Waals surface area contributed by atoms with Crippen LogP contribution in [0.2, 0.25) is 0 Å². The lowest BCUT2D eigenvalue weighted by atomic mass is 9.97. The number of aldehydes is 1. The minimum absolute atomic E-state index is 0.0262. The number of rotatable bonds is 6. The van der Waals surface area contributed by atoms with E-state index in [0.717, 1.165) is 29.7 Å². The van der Waals surface area contributed by atoms with Gasteiger partial charge < -0.3 is 14.1 Å². The van der Waals surface area contributed by atoms with E-state index >= 15 is 0 Å². The molecular weight excluding hydrogens is 330 g/mol. The monoisotopic (exact) mass is 351 g/mol. The van der Waals surface area contributed by atoms with Gasteiger partial charge in [-0.1, -0.05) is 12.1 Å². The van der Waals surface area contributed by atoms with E-state index in [2.05, 4.69) is 18.7 Å². The maximum absolute atomic E-state index is 12.4. The molecule has 1 heterocycles. The quantitative estimate of drug-likeness (QED) is 0.494. The highest BCUT2D eigenvalue weighted by Crippen LogP contribution is 2.33. The molecule has 5 heteroatoms. The number of carbonyl (C=O) groups excluding carboxylic acids is 1. The third-order valence-corrected chi connectivity index (χ3v) is 4.55. The smallest absolute Gasteiger partial charge is 0.347 e. The van der Waals surface area contributed by atoms with Gasteiger partial charge in [0.05, 0.1) is 7.11 Å². The van der Waals surface area contributed by atoms with Crippen LogP contribution in [0.15, 0.2) is 51.7 Å². The number of anilines is 1. The van der Waals surface area contributed by atoms with E-state index in [-0.39, 0.29) is 5.56 Å². The topological polar surface area (TPSA) is 59.8 Å². The molecule has 0 amide bonds. The fourth-order valence-electron chi connectivity index (χ4n) is 3.17. The summed E-state index contributed by atoms with van der Waals surface area (Å²) in [5.74, 6) is 0.706. The van der Waals surface area contributed by atoms with E-state index in [1.54, 1.807) is 19.2 Å². The lowest BCUT2D eigenvalue weighted by Gasteiger charge is -2.21. The summed E-state index contributed by atoms with van der Waals surface area (Å²) in [5.41, 5.74) is 2.19. The normalized spacial score (nSPS) is 10.7. The van der Waals surface area contributed by atoms with Crippen LogP contribution in [0.5, 0.6) is 5.75 Å². The highest BCUT2D eigenvalue weighted by molar-refractivity contribution is 6.02. The van der Waals surface area contributed by atoms with Crippen LogP contribution in [-0.4, -0.2) is 26.5 Å². The SMILES string of the molecule is CCN(CC)c1ccc2c(-c3ccc(OC)cc3)c(C=O)c(=O)oc2c1. The van der Waals surface area contributed by atoms with Gasteiger partial charge in [-0.15, -0.1) is 0 Å². The second-order valence-corrected chi connectivity index (χ2v) is 5.88. The first kappa shape index (κ1) is 17.7. The number of fused-ring (bicyclic) bond motifs is 1. The summed E-state index contributed by atoms with van der Waals surface area (Å²) in [4.78, 5) is 26.1. The van der Waals surface area contributed by atoms with Crippen LogP contribution in [-0.2, 0) is 0 Å². The molecule has 1 aromatic heterocycles. The van der Waals surface area contributed by atoms with E-state index in [9.17, 15) is 9.59 Å². The van der Waals surface area contributed by atoms with Crippen LogP contribution in [0, 0.1) is 0 Å². The summed E-state index contributed by atoms with van der Waals surface area (Å²) in [6, 6.07) is 13.0. The van der Waals surface area contributed by atoms with Crippen LogP contribution in [0.4, 0.5) is 5.69 Å². The molecule has 3 aromatic rings. The summed E-state index contributed by atoms with van der Waals surface area (Å²) in [7, 11) is 1.59. The Balaban J connectivity index is 2.28. The summed E-state index contributed by atoms with van der Waals surface area (Å²) < 4.78 is 10.6. The third-order valence-electron chi connectivity index (χ3n) is 4.55. The van der Waals surface area contributed by atoms with Crippen molar-refractivity contribution in [2.75, 3.05) is 25.1 Å². The van der Waals surface area contributed by atoms with Crippen LogP contribution in [0.25, 0.3) is 22.1 Å². The molecule has 134 valence electrons. The van der Waals surface area contributed by atoms with Crippen molar-refractivity contribution in [3.63, 3.8) is 0 Å². The van der Waals surface area contributed by atoms with Crippen LogP contribution in [0.1, 0.15) is 24.2 Å². The van der Waals surface area contributed by atoms with E-state index in [0.29, 0.717) is 23.2 Å². The second-order valence-electron chi connectivity index (χ2n) is 5.88. The Hall–Kier alpha value is -3.08. The van der Waals surface area contributed by atoms with Crippen molar-refractivity contribution < 1.29 is 13.9 Å². The minimum atomic E-state index is -0.630. The van der Waals surface area contributed by atoms with Crippen molar-refractivity contribution in [2.24, 2.45) is 0 Å². The zero-order chi connectivity index (χ0) is 18.7. The number of benzene rings is 2. The Kier molecular flexibility index (Phi) is 5.07. The van der Waals surface area contributed by atoms with Crippen LogP contribution < -0.4 is 15.3 Å². The highest BCUT2D eigenvalue weighted by atomic mass is 16.5. The molecule has 3 rings (SSSR count). The van der Waals surface area contributed by atoms with Gasteiger partial charge in [0, 0.05) is 35.8 Å². The average Bonchev–Trinajstić information content (AvgIpc) is 2.68. The number of ether oxygens (including phenoxy) is 1. The molecule has 0 spiro atoms. The van der Waals surface area contributed by atoms with E-state index < -0.39 is 5.63 Å². The largest absolute Gasteiger partial charge is 0.497 e. The first-order valence-electron chi connectivity index (χ1n) is 8.58. The van der Waals surface area contributed by atoms with Crippen molar-refractivity contribution in [3.8, 4) is 16.9 Å². The second kappa shape index (κ2) is 7.44. The van der Waals surface area contributed by atoms with E-state index in [1.807, 2.05) is 30.3 Å². The maximum atomic E-state index is 12.4. The fraction of sp³-hybridized carbons (Fsp3) is 0.238. The zero-order valence-electron chi connectivity index (χ0n) is 15.1. The van der Waals surface area contributed by atoms with Gasteiger partial charge in [0.25, 0.3) is 0 Å². The summed E-state index contributed by atoms with van der Waals surface area (Å²) >= 11 is 0. The lowest BCUT2D eigenvalue weighted by molar-refractivity contribution is 0.112. The molecule has 5 nitrogen and oxygen atoms in total. The summed E-state index contributed by atoms with van der Waals surface area (Å²) in [6.07, 6.45) is 0.559. The molecule has 0 aliphatic carbocycles. The Bertz CT molecular complexity index is 985. The molecule has 0 radical (unpaired) electrons. The maximum Gasteiger partial charge on any atom is 0.347 e. The van der Waals surface area contributed by atoms with Crippen molar-refractivity contribution in [1.29, 1.82) is 0 Å². The van der Waals surface area contributed by atoms with E-state index in [4.69, 9.17) is 9.15 Å². The van der Waals surface area contributed by atoms with Crippen LogP contribution >= 0.6 is 0 Å². The van der Waals surface area contributed by atoms with Gasteiger partial charge in [0.15, 0.2) is 6.29 Å². The van der Waals surface area contributed by atoms with Gasteiger partial charge in [-0.25, -0.2) is 4.79 Å². The molecule has 0 saturated carbocycles. The minimum Gasteiger partial charge on any atom is -0.497 e. The summed E-state index contributed by atoms with van der Waals surface area (Å²) in [5, 5.41) is 0.729. The number of carbonyl (C=O) groups is 1. The number of nitrogens with zero attached hydrogens (tertiary/aromatic N) is 1. The zero-order valence-corrected chi connectivity index (χ0v) is 15.1. The molecule has 2 aromatic carbocycles. The van der Waals surface area contributed by atoms with Gasteiger partial charge >= 0.3 is 5.63 Å². The molecule has 26 heavy (non-hydrogen) atoms. The molecule has 0 saturated heterocycles. The first-order valence-corrected chi connectivity index (χ1v) is 8.58. The molecule has 0 N–H and O–H groups in total. The highest BCUT2D eigenvalue weighted by Gasteiger charge is 2.17. The van der Waals surface area contributed by atoms with Crippen molar-refractivity contribution in [3.05, 3.63) is 58.4 Å². The molecular formula is C21H21NO4. The Morgan fingerprint density at radius 2 is 1.77 bits per heavy atom. The van der Waals surface area contributed by atoms with Gasteiger partial charge in [-0.2, -0.15) is 0 Å². The molecule has 0 aliphatic heterocycles. The van der Waals surface area contributed by atoms with Gasteiger partial charge in [0.2, 0.25) is 0 Å². The van der Waals surface area contributed by atoms with Crippen molar-refractivity contribution >= 4 is 22.9 Å². The lowest BCUT2D eigenvalue weighted by Crippen LogP contribution is -2.21. The van der Waals surface area contributed by atoms with Crippen molar-refractivity contribution in [1.82, 2.24) is 0 Å². The average molecular weight is 351 g/mol. The molecule has 0 bridgehead atoms. The summed E-state index contributed by atoms with van der Waals surface area (Å²) in [6.45, 7) is 5.85. The van der Waals surface area contributed by atoms with Crippen LogP contribution in [0.3, 0.4) is 0 Å². The molecule has 0 fully saturated rings. The van der Waals surface area contributed by atoms with Crippen molar-refractivity contribution in [2.45, 2.75) is 13.8 Å². The van der Waals surface area contributed by atoms with Gasteiger partial charge in [0.1, 0.15) is 16.9 Å². The van der Waals surface area contributed by atoms with E-state index in [1.165, 1.54) is 0 Å².